The third kappa shape index (κ3) is 9.17. The second-order valence-electron chi connectivity index (χ2n) is 11.1. The van der Waals surface area contributed by atoms with E-state index in [1.165, 1.54) is 49.7 Å². The van der Waals surface area contributed by atoms with Crippen molar-refractivity contribution in [2.45, 2.75) is 115 Å². The Morgan fingerprint density at radius 3 is 1.35 bits per heavy atom. The minimum absolute atomic E-state index is 0.382. The molecule has 6 nitrogen and oxygen atoms in total. The molecule has 1 aliphatic rings. The molecule has 3 rings (SSSR count). The van der Waals surface area contributed by atoms with E-state index in [1.807, 2.05) is 24.3 Å². The predicted molar refractivity (Wildman–Crippen MR) is 156 cm³/mol. The third-order valence-electron chi connectivity index (χ3n) is 7.81. The molecule has 0 spiro atoms. The molecular weight excluding hydrogens is 504 g/mol. The van der Waals surface area contributed by atoms with Crippen molar-refractivity contribution in [2.75, 3.05) is 0 Å². The first-order valence-electron chi connectivity index (χ1n) is 15.0. The van der Waals surface area contributed by atoms with Gasteiger partial charge in [0.15, 0.2) is 0 Å². The quantitative estimate of drug-likeness (QED) is 0.118. The monoisotopic (exact) mass is 550 g/mol. The lowest BCUT2D eigenvalue weighted by molar-refractivity contribution is -0.403. The number of hydrogen-bond acceptors (Lipinski definition) is 6. The highest BCUT2D eigenvalue weighted by Gasteiger charge is 2.53. The van der Waals surface area contributed by atoms with E-state index < -0.39 is 23.1 Å². The Kier molecular flexibility index (Phi) is 12.7. The van der Waals surface area contributed by atoms with E-state index in [1.54, 1.807) is 24.3 Å². The number of unbranched alkanes of at least 4 members (excludes halogenated alkanes) is 6. The molecule has 6 heteroatoms. The molecule has 218 valence electrons. The molecule has 0 aromatic heterocycles. The van der Waals surface area contributed by atoms with Crippen LogP contribution < -0.4 is 0 Å². The minimum atomic E-state index is -1.34. The molecule has 1 saturated carbocycles. The van der Waals surface area contributed by atoms with Crippen LogP contribution in [0, 0.1) is 13.8 Å². The minimum Gasteiger partial charge on any atom is -0.292 e. The molecule has 1 fully saturated rings. The summed E-state index contributed by atoms with van der Waals surface area (Å²) in [5, 5.41) is 0. The van der Waals surface area contributed by atoms with Crippen LogP contribution in [0.1, 0.15) is 123 Å². The van der Waals surface area contributed by atoms with Crippen molar-refractivity contribution in [1.82, 2.24) is 0 Å². The van der Waals surface area contributed by atoms with Gasteiger partial charge in [-0.25, -0.2) is 9.59 Å². The fourth-order valence-electron chi connectivity index (χ4n) is 4.97. The van der Waals surface area contributed by atoms with Crippen LogP contribution in [0.5, 0.6) is 0 Å². The Morgan fingerprint density at radius 2 is 1.00 bits per heavy atom. The molecule has 1 aliphatic carbocycles. The summed E-state index contributed by atoms with van der Waals surface area (Å²) in [6, 6.07) is 14.7. The SMILES string of the molecule is [CH2]C1(OOC(=O)c2ccc(CCCCCC)cc2)CCCCC1([CH2])OOC(=O)c1ccc(CCCCCC)cc1. The summed E-state index contributed by atoms with van der Waals surface area (Å²) in [6.45, 7) is 12.7. The number of carbonyl (C=O) groups excluding carboxylic acids is 2. The Bertz CT molecular complexity index is 962. The van der Waals surface area contributed by atoms with Gasteiger partial charge in [-0.3, -0.25) is 9.78 Å². The number of benzene rings is 2. The Labute approximate surface area is 240 Å². The van der Waals surface area contributed by atoms with Crippen LogP contribution in [0.4, 0.5) is 0 Å². The maximum atomic E-state index is 12.7. The molecule has 2 aromatic rings. The molecule has 2 radical (unpaired) electrons. The highest BCUT2D eigenvalue weighted by molar-refractivity contribution is 5.89. The van der Waals surface area contributed by atoms with Crippen molar-refractivity contribution in [3.63, 3.8) is 0 Å². The standard InChI is InChI=1S/C34H46O6/c1-5-7-9-11-15-27-17-21-29(22-18-27)31(35)37-39-33(3)25-13-14-26-34(33,4)40-38-32(36)30-23-19-28(20-24-30)16-12-10-8-6-2/h17-24H,3-16,25-26H2,1-2H3. The van der Waals surface area contributed by atoms with Gasteiger partial charge in [-0.15, -0.1) is 0 Å². The molecule has 40 heavy (non-hydrogen) atoms. The topological polar surface area (TPSA) is 71.1 Å². The molecule has 0 saturated heterocycles. The highest BCUT2D eigenvalue weighted by atomic mass is 17.2. The summed E-state index contributed by atoms with van der Waals surface area (Å²) in [7, 11) is 0. The maximum absolute atomic E-state index is 12.7. The molecule has 0 aliphatic heterocycles. The van der Waals surface area contributed by atoms with Crippen molar-refractivity contribution in [3.05, 3.63) is 84.6 Å². The summed E-state index contributed by atoms with van der Waals surface area (Å²) >= 11 is 0. The molecule has 2 unspecified atom stereocenters. The van der Waals surface area contributed by atoms with Crippen molar-refractivity contribution in [3.8, 4) is 0 Å². The first-order valence-corrected chi connectivity index (χ1v) is 15.0. The summed E-state index contributed by atoms with van der Waals surface area (Å²) in [5.74, 6) is -1.25. The van der Waals surface area contributed by atoms with Gasteiger partial charge in [0.05, 0.1) is 11.1 Å². The second-order valence-corrected chi connectivity index (χ2v) is 11.1. The van der Waals surface area contributed by atoms with Gasteiger partial charge >= 0.3 is 11.9 Å². The lowest BCUT2D eigenvalue weighted by Crippen LogP contribution is -2.56. The Morgan fingerprint density at radius 1 is 0.625 bits per heavy atom. The fraction of sp³-hybridized carbons (Fsp3) is 0.529. The first kappa shape index (κ1) is 31.8. The number of aryl methyl sites for hydroxylation is 2. The van der Waals surface area contributed by atoms with E-state index in [-0.39, 0.29) is 0 Å². The number of carbonyl (C=O) groups is 2. The molecule has 0 N–H and O–H groups in total. The van der Waals surface area contributed by atoms with Gasteiger partial charge < -0.3 is 0 Å². The zero-order chi connectivity index (χ0) is 28.8. The first-order chi connectivity index (χ1) is 19.3. The van der Waals surface area contributed by atoms with E-state index >= 15 is 0 Å². The predicted octanol–water partition coefficient (Wildman–Crippen LogP) is 8.53. The Balaban J connectivity index is 1.52. The van der Waals surface area contributed by atoms with Gasteiger partial charge in [0.1, 0.15) is 11.2 Å². The van der Waals surface area contributed by atoms with Gasteiger partial charge in [0.2, 0.25) is 0 Å². The smallest absolute Gasteiger partial charge is 0.292 e. The van der Waals surface area contributed by atoms with Gasteiger partial charge in [0.25, 0.3) is 0 Å². The number of hydrogen-bond donors (Lipinski definition) is 0. The van der Waals surface area contributed by atoms with E-state index in [0.717, 1.165) is 38.5 Å². The van der Waals surface area contributed by atoms with Crippen molar-refractivity contribution < 1.29 is 29.1 Å². The zero-order valence-electron chi connectivity index (χ0n) is 24.4. The molecule has 0 heterocycles. The summed E-state index contributed by atoms with van der Waals surface area (Å²) in [5.41, 5.74) is 0.442. The van der Waals surface area contributed by atoms with Crippen LogP contribution in [0.15, 0.2) is 48.5 Å². The van der Waals surface area contributed by atoms with Crippen LogP contribution in [0.3, 0.4) is 0 Å². The third-order valence-corrected chi connectivity index (χ3v) is 7.81. The van der Waals surface area contributed by atoms with Crippen molar-refractivity contribution >= 4 is 11.9 Å². The molecule has 2 atom stereocenters. The Hall–Kier alpha value is -2.70. The normalized spacial score (nSPS) is 20.7. The molecule has 0 bridgehead atoms. The van der Waals surface area contributed by atoms with E-state index in [0.29, 0.717) is 24.0 Å². The van der Waals surface area contributed by atoms with Crippen LogP contribution in [0.25, 0.3) is 0 Å². The van der Waals surface area contributed by atoms with Gasteiger partial charge in [-0.1, -0.05) is 89.5 Å². The van der Waals surface area contributed by atoms with Crippen LogP contribution in [-0.4, -0.2) is 23.1 Å². The highest BCUT2D eigenvalue weighted by Crippen LogP contribution is 2.42. The van der Waals surface area contributed by atoms with Crippen LogP contribution >= 0.6 is 0 Å². The second kappa shape index (κ2) is 15.9. The summed E-state index contributed by atoms with van der Waals surface area (Å²) in [6.07, 6.45) is 13.9. The van der Waals surface area contributed by atoms with Crippen molar-refractivity contribution in [1.29, 1.82) is 0 Å². The average Bonchev–Trinajstić information content (AvgIpc) is 2.97. The van der Waals surface area contributed by atoms with E-state index in [2.05, 4.69) is 27.7 Å². The average molecular weight is 551 g/mol. The van der Waals surface area contributed by atoms with Crippen molar-refractivity contribution in [2.24, 2.45) is 0 Å². The lowest BCUT2D eigenvalue weighted by Gasteiger charge is -2.44. The number of rotatable bonds is 16. The summed E-state index contributed by atoms with van der Waals surface area (Å²) in [4.78, 5) is 47.0. The molecular formula is C34H46O6. The summed E-state index contributed by atoms with van der Waals surface area (Å²) < 4.78 is 0. The molecule has 2 aromatic carbocycles. The van der Waals surface area contributed by atoms with E-state index in [9.17, 15) is 9.59 Å². The maximum Gasteiger partial charge on any atom is 0.373 e. The van der Waals surface area contributed by atoms with Gasteiger partial charge in [-0.2, -0.15) is 9.78 Å². The lowest BCUT2D eigenvalue weighted by atomic mass is 9.74. The zero-order valence-corrected chi connectivity index (χ0v) is 24.4. The largest absolute Gasteiger partial charge is 0.373 e. The fourth-order valence-corrected chi connectivity index (χ4v) is 4.97. The van der Waals surface area contributed by atoms with Gasteiger partial charge in [-0.05, 0) is 87.8 Å². The van der Waals surface area contributed by atoms with Crippen LogP contribution in [-0.2, 0) is 32.4 Å². The van der Waals surface area contributed by atoms with E-state index in [4.69, 9.17) is 19.6 Å². The van der Waals surface area contributed by atoms with Gasteiger partial charge in [0, 0.05) is 0 Å². The molecule has 0 amide bonds. The van der Waals surface area contributed by atoms with Crippen LogP contribution in [0.2, 0.25) is 0 Å².